The van der Waals surface area contributed by atoms with Gasteiger partial charge in [-0.05, 0) is 26.0 Å². The number of hydrogen-bond acceptors (Lipinski definition) is 3. The van der Waals surface area contributed by atoms with Crippen molar-refractivity contribution in [3.63, 3.8) is 0 Å². The second-order valence-corrected chi connectivity index (χ2v) is 4.35. The number of fused-ring (bicyclic) bond motifs is 1. The molecule has 3 rings (SSSR count). The molecule has 0 atom stereocenters. The van der Waals surface area contributed by atoms with Gasteiger partial charge in [-0.1, -0.05) is 0 Å². The average Bonchev–Trinajstić information content (AvgIpc) is 2.86. The second-order valence-electron chi connectivity index (χ2n) is 3.52. The van der Waals surface area contributed by atoms with Crippen molar-refractivity contribution >= 4 is 16.3 Å². The molecule has 0 aliphatic heterocycles. The number of nitrogens with zero attached hydrogens (tertiary/aromatic N) is 2. The standard InChI is InChI=1S/C11H10N2OS/c1-7-6-15-11-12-10(8(2)13(7)11)9-4-3-5-14-9/h3-6H,1-2H3. The van der Waals surface area contributed by atoms with Crippen LogP contribution < -0.4 is 0 Å². The number of imidazole rings is 1. The van der Waals surface area contributed by atoms with E-state index in [-0.39, 0.29) is 0 Å². The van der Waals surface area contributed by atoms with Gasteiger partial charge in [-0.3, -0.25) is 4.40 Å². The van der Waals surface area contributed by atoms with Gasteiger partial charge in [0.05, 0.1) is 12.0 Å². The molecule has 0 saturated heterocycles. The summed E-state index contributed by atoms with van der Waals surface area (Å²) in [5.41, 5.74) is 3.30. The first-order valence-corrected chi connectivity index (χ1v) is 5.62. The largest absolute Gasteiger partial charge is 0.463 e. The summed E-state index contributed by atoms with van der Waals surface area (Å²) >= 11 is 1.66. The fourth-order valence-corrected chi connectivity index (χ4v) is 2.72. The van der Waals surface area contributed by atoms with Gasteiger partial charge in [0.15, 0.2) is 10.7 Å². The van der Waals surface area contributed by atoms with Gasteiger partial charge in [0.25, 0.3) is 0 Å². The average molecular weight is 218 g/mol. The Labute approximate surface area is 91.0 Å². The Morgan fingerprint density at radius 2 is 2.27 bits per heavy atom. The van der Waals surface area contributed by atoms with E-state index < -0.39 is 0 Å². The van der Waals surface area contributed by atoms with Crippen LogP contribution in [0, 0.1) is 13.8 Å². The van der Waals surface area contributed by atoms with Gasteiger partial charge in [0, 0.05) is 11.1 Å². The molecule has 0 spiro atoms. The van der Waals surface area contributed by atoms with E-state index in [4.69, 9.17) is 4.42 Å². The third-order valence-corrected chi connectivity index (χ3v) is 3.46. The highest BCUT2D eigenvalue weighted by molar-refractivity contribution is 7.15. The number of aryl methyl sites for hydroxylation is 2. The van der Waals surface area contributed by atoms with Crippen LogP contribution in [0.15, 0.2) is 28.2 Å². The third-order valence-electron chi connectivity index (χ3n) is 2.52. The van der Waals surface area contributed by atoms with Gasteiger partial charge >= 0.3 is 0 Å². The van der Waals surface area contributed by atoms with Crippen molar-refractivity contribution in [2.75, 3.05) is 0 Å². The topological polar surface area (TPSA) is 30.4 Å². The molecule has 0 bridgehead atoms. The minimum atomic E-state index is 0.836. The smallest absolute Gasteiger partial charge is 0.194 e. The maximum atomic E-state index is 5.37. The van der Waals surface area contributed by atoms with Gasteiger partial charge in [0.1, 0.15) is 5.69 Å². The zero-order valence-corrected chi connectivity index (χ0v) is 9.34. The lowest BCUT2D eigenvalue weighted by Crippen LogP contribution is -1.87. The molecule has 3 aromatic heterocycles. The molecule has 0 amide bonds. The van der Waals surface area contributed by atoms with Gasteiger partial charge < -0.3 is 4.42 Å². The van der Waals surface area contributed by atoms with Crippen LogP contribution in [0.25, 0.3) is 16.4 Å². The minimum absolute atomic E-state index is 0.836. The zero-order valence-electron chi connectivity index (χ0n) is 8.52. The highest BCUT2D eigenvalue weighted by Gasteiger charge is 2.14. The fraction of sp³-hybridized carbons (Fsp3) is 0.182. The van der Waals surface area contributed by atoms with Gasteiger partial charge in [-0.25, -0.2) is 4.98 Å². The van der Waals surface area contributed by atoms with Crippen molar-refractivity contribution in [3.8, 4) is 11.5 Å². The molecule has 0 aliphatic rings. The van der Waals surface area contributed by atoms with Crippen LogP contribution in [0.5, 0.6) is 0 Å². The maximum absolute atomic E-state index is 5.37. The molecule has 76 valence electrons. The van der Waals surface area contributed by atoms with Gasteiger partial charge in [0.2, 0.25) is 0 Å². The lowest BCUT2D eigenvalue weighted by Gasteiger charge is -1.95. The third kappa shape index (κ3) is 1.15. The summed E-state index contributed by atoms with van der Waals surface area (Å²) in [6.45, 7) is 4.15. The molecule has 0 radical (unpaired) electrons. The predicted octanol–water partition coefficient (Wildman–Crippen LogP) is 3.27. The summed E-state index contributed by atoms with van der Waals surface area (Å²) in [4.78, 5) is 5.59. The van der Waals surface area contributed by atoms with E-state index in [9.17, 15) is 0 Å². The Kier molecular flexibility index (Phi) is 1.73. The Morgan fingerprint density at radius 3 is 2.93 bits per heavy atom. The second kappa shape index (κ2) is 2.97. The van der Waals surface area contributed by atoms with Gasteiger partial charge in [-0.2, -0.15) is 0 Å². The molecule has 0 unspecified atom stereocenters. The van der Waals surface area contributed by atoms with Crippen molar-refractivity contribution in [3.05, 3.63) is 35.2 Å². The number of aromatic nitrogens is 2. The fourth-order valence-electron chi connectivity index (χ4n) is 1.81. The molecule has 0 aromatic carbocycles. The lowest BCUT2D eigenvalue weighted by molar-refractivity contribution is 0.580. The lowest BCUT2D eigenvalue weighted by atomic mass is 10.3. The summed E-state index contributed by atoms with van der Waals surface area (Å²) in [7, 11) is 0. The molecule has 0 N–H and O–H groups in total. The zero-order chi connectivity index (χ0) is 10.4. The van der Waals surface area contributed by atoms with Crippen LogP contribution >= 0.6 is 11.3 Å². The van der Waals surface area contributed by atoms with E-state index in [1.54, 1.807) is 17.6 Å². The van der Waals surface area contributed by atoms with Gasteiger partial charge in [-0.15, -0.1) is 11.3 Å². The van der Waals surface area contributed by atoms with E-state index in [0.29, 0.717) is 0 Å². The quantitative estimate of drug-likeness (QED) is 0.627. The molecular formula is C11H10N2OS. The Hall–Kier alpha value is -1.55. The first kappa shape index (κ1) is 8.73. The molecule has 15 heavy (non-hydrogen) atoms. The van der Waals surface area contributed by atoms with Crippen molar-refractivity contribution in [1.29, 1.82) is 0 Å². The SMILES string of the molecule is Cc1csc2nc(-c3ccco3)c(C)n12. The highest BCUT2D eigenvalue weighted by Crippen LogP contribution is 2.27. The van der Waals surface area contributed by atoms with Crippen LogP contribution in [0.1, 0.15) is 11.4 Å². The molecule has 3 heterocycles. The van der Waals surface area contributed by atoms with E-state index in [2.05, 4.69) is 28.6 Å². The normalized spacial score (nSPS) is 11.3. The molecule has 3 nitrogen and oxygen atoms in total. The van der Waals surface area contributed by atoms with Crippen molar-refractivity contribution in [1.82, 2.24) is 9.38 Å². The Balaban J connectivity index is 2.33. The molecule has 4 heteroatoms. The molecule has 3 aromatic rings. The van der Waals surface area contributed by atoms with Crippen LogP contribution in [-0.2, 0) is 0 Å². The van der Waals surface area contributed by atoms with Crippen LogP contribution in [0.2, 0.25) is 0 Å². The molecule has 0 fully saturated rings. The number of furan rings is 1. The van der Waals surface area contributed by atoms with Crippen LogP contribution in [0.3, 0.4) is 0 Å². The van der Waals surface area contributed by atoms with E-state index in [1.165, 1.54) is 5.69 Å². The number of thiazole rings is 1. The Bertz CT molecular complexity index is 604. The molecule has 0 saturated carbocycles. The van der Waals surface area contributed by atoms with E-state index in [0.717, 1.165) is 22.1 Å². The molecular weight excluding hydrogens is 208 g/mol. The van der Waals surface area contributed by atoms with Crippen LogP contribution in [-0.4, -0.2) is 9.38 Å². The molecule has 0 aliphatic carbocycles. The van der Waals surface area contributed by atoms with Crippen molar-refractivity contribution < 1.29 is 4.42 Å². The first-order valence-electron chi connectivity index (χ1n) is 4.74. The minimum Gasteiger partial charge on any atom is -0.463 e. The van der Waals surface area contributed by atoms with Crippen molar-refractivity contribution in [2.24, 2.45) is 0 Å². The van der Waals surface area contributed by atoms with E-state index in [1.807, 2.05) is 12.1 Å². The predicted molar refractivity (Wildman–Crippen MR) is 60.2 cm³/mol. The summed E-state index contributed by atoms with van der Waals surface area (Å²) in [5.74, 6) is 0.836. The van der Waals surface area contributed by atoms with Crippen molar-refractivity contribution in [2.45, 2.75) is 13.8 Å². The monoisotopic (exact) mass is 218 g/mol. The van der Waals surface area contributed by atoms with E-state index >= 15 is 0 Å². The number of rotatable bonds is 1. The highest BCUT2D eigenvalue weighted by atomic mass is 32.1. The van der Waals surface area contributed by atoms with Crippen LogP contribution in [0.4, 0.5) is 0 Å². The first-order chi connectivity index (χ1) is 7.27. The summed E-state index contributed by atoms with van der Waals surface area (Å²) in [5, 5.41) is 2.11. The maximum Gasteiger partial charge on any atom is 0.194 e. The summed E-state index contributed by atoms with van der Waals surface area (Å²) in [6.07, 6.45) is 1.68. The number of hydrogen-bond donors (Lipinski definition) is 0. The summed E-state index contributed by atoms with van der Waals surface area (Å²) in [6, 6.07) is 3.82. The Morgan fingerprint density at radius 1 is 1.40 bits per heavy atom. The summed E-state index contributed by atoms with van der Waals surface area (Å²) < 4.78 is 7.52.